The normalized spacial score (nSPS) is 10.5. The monoisotopic (exact) mass is 269 g/mol. The van der Waals surface area contributed by atoms with Gasteiger partial charge in [-0.25, -0.2) is 9.50 Å². The van der Waals surface area contributed by atoms with Crippen molar-refractivity contribution in [2.45, 2.75) is 0 Å². The fourth-order valence-electron chi connectivity index (χ4n) is 1.87. The SMILES string of the molecule is N#Cc1cccc(-c2cn3nc(Cl)cc3c(N)n2)c1. The number of benzene rings is 1. The highest BCUT2D eigenvalue weighted by atomic mass is 35.5. The fourth-order valence-corrected chi connectivity index (χ4v) is 2.06. The number of halogens is 1. The standard InChI is InChI=1S/C13H8ClN5/c14-12-5-11-13(16)17-10(7-19(11)18-12)9-3-1-2-8(4-9)6-15/h1-5,7H,(H2,16,17). The van der Waals surface area contributed by atoms with Gasteiger partial charge in [-0.05, 0) is 12.1 Å². The molecule has 0 saturated heterocycles. The van der Waals surface area contributed by atoms with Gasteiger partial charge in [0.05, 0.1) is 23.5 Å². The van der Waals surface area contributed by atoms with Crippen molar-refractivity contribution in [3.63, 3.8) is 0 Å². The van der Waals surface area contributed by atoms with Crippen LogP contribution in [0, 0.1) is 11.3 Å². The van der Waals surface area contributed by atoms with Crippen LogP contribution in [0.4, 0.5) is 5.82 Å². The molecule has 2 N–H and O–H groups in total. The predicted molar refractivity (Wildman–Crippen MR) is 72.6 cm³/mol. The van der Waals surface area contributed by atoms with E-state index in [4.69, 9.17) is 22.6 Å². The van der Waals surface area contributed by atoms with Crippen molar-refractivity contribution >= 4 is 22.9 Å². The maximum absolute atomic E-state index is 8.91. The predicted octanol–water partition coefficient (Wildman–Crippen LogP) is 2.50. The van der Waals surface area contributed by atoms with E-state index in [0.717, 1.165) is 5.56 Å². The lowest BCUT2D eigenvalue weighted by Gasteiger charge is -2.04. The minimum absolute atomic E-state index is 0.347. The summed E-state index contributed by atoms with van der Waals surface area (Å²) in [4.78, 5) is 4.31. The number of rotatable bonds is 1. The average Bonchev–Trinajstić information content (AvgIpc) is 2.80. The first-order valence-electron chi connectivity index (χ1n) is 5.49. The number of anilines is 1. The molecule has 0 spiro atoms. The largest absolute Gasteiger partial charge is 0.382 e. The summed E-state index contributed by atoms with van der Waals surface area (Å²) in [7, 11) is 0. The van der Waals surface area contributed by atoms with Crippen molar-refractivity contribution in [2.75, 3.05) is 5.73 Å². The zero-order chi connectivity index (χ0) is 13.4. The van der Waals surface area contributed by atoms with Gasteiger partial charge in [0.25, 0.3) is 0 Å². The number of fused-ring (bicyclic) bond motifs is 1. The van der Waals surface area contributed by atoms with Gasteiger partial charge in [-0.2, -0.15) is 10.4 Å². The Morgan fingerprint density at radius 3 is 2.95 bits per heavy atom. The van der Waals surface area contributed by atoms with Gasteiger partial charge in [0.15, 0.2) is 5.15 Å². The summed E-state index contributed by atoms with van der Waals surface area (Å²) in [5, 5.41) is 13.4. The van der Waals surface area contributed by atoms with E-state index in [1.165, 1.54) is 0 Å². The molecule has 2 heterocycles. The lowest BCUT2D eigenvalue weighted by atomic mass is 10.1. The van der Waals surface area contributed by atoms with E-state index in [1.54, 1.807) is 35.0 Å². The topological polar surface area (TPSA) is 80.0 Å². The van der Waals surface area contributed by atoms with Crippen molar-refractivity contribution in [3.8, 4) is 17.3 Å². The zero-order valence-corrected chi connectivity index (χ0v) is 10.5. The first-order valence-corrected chi connectivity index (χ1v) is 5.87. The minimum atomic E-state index is 0.347. The summed E-state index contributed by atoms with van der Waals surface area (Å²) in [5.41, 5.74) is 8.55. The molecule has 0 aliphatic heterocycles. The third kappa shape index (κ3) is 1.98. The molecule has 1 aromatic carbocycles. The second-order valence-corrected chi connectivity index (χ2v) is 4.39. The second kappa shape index (κ2) is 4.26. The summed E-state index contributed by atoms with van der Waals surface area (Å²) >= 11 is 5.84. The number of nitrogens with zero attached hydrogens (tertiary/aromatic N) is 4. The van der Waals surface area contributed by atoms with Gasteiger partial charge in [-0.15, -0.1) is 0 Å². The van der Waals surface area contributed by atoms with E-state index in [-0.39, 0.29) is 0 Å². The van der Waals surface area contributed by atoms with Crippen molar-refractivity contribution in [3.05, 3.63) is 47.2 Å². The fraction of sp³-hybridized carbons (Fsp3) is 0. The molecular weight excluding hydrogens is 262 g/mol. The molecule has 0 fully saturated rings. The van der Waals surface area contributed by atoms with Gasteiger partial charge >= 0.3 is 0 Å². The van der Waals surface area contributed by atoms with Crippen LogP contribution in [0.25, 0.3) is 16.8 Å². The zero-order valence-electron chi connectivity index (χ0n) is 9.71. The highest BCUT2D eigenvalue weighted by Crippen LogP contribution is 2.23. The van der Waals surface area contributed by atoms with Gasteiger partial charge in [0.1, 0.15) is 11.3 Å². The van der Waals surface area contributed by atoms with Crippen LogP contribution in [0.5, 0.6) is 0 Å². The lowest BCUT2D eigenvalue weighted by molar-refractivity contribution is 0.952. The molecule has 3 rings (SSSR count). The summed E-state index contributed by atoms with van der Waals surface area (Å²) < 4.78 is 1.58. The molecule has 0 aliphatic rings. The quantitative estimate of drug-likeness (QED) is 0.736. The lowest BCUT2D eigenvalue weighted by Crippen LogP contribution is -1.99. The highest BCUT2D eigenvalue weighted by molar-refractivity contribution is 6.29. The molecule has 5 nitrogen and oxygen atoms in total. The van der Waals surface area contributed by atoms with Crippen LogP contribution >= 0.6 is 11.6 Å². The molecule has 0 saturated carbocycles. The number of nitriles is 1. The van der Waals surface area contributed by atoms with E-state index in [2.05, 4.69) is 16.2 Å². The molecule has 0 amide bonds. The van der Waals surface area contributed by atoms with E-state index < -0.39 is 0 Å². The van der Waals surface area contributed by atoms with Crippen LogP contribution in [0.2, 0.25) is 5.15 Å². The Labute approximate surface area is 113 Å². The van der Waals surface area contributed by atoms with Crippen LogP contribution in [0.15, 0.2) is 36.5 Å². The third-order valence-electron chi connectivity index (χ3n) is 2.74. The Morgan fingerprint density at radius 1 is 1.32 bits per heavy atom. The van der Waals surface area contributed by atoms with Crippen molar-refractivity contribution < 1.29 is 0 Å². The van der Waals surface area contributed by atoms with E-state index in [9.17, 15) is 0 Å². The number of aromatic nitrogens is 3. The molecule has 0 unspecified atom stereocenters. The molecular formula is C13H8ClN5. The number of hydrogen-bond donors (Lipinski definition) is 1. The average molecular weight is 270 g/mol. The molecule has 0 aliphatic carbocycles. The summed E-state index contributed by atoms with van der Waals surface area (Å²) in [6, 6.07) is 10.9. The summed E-state index contributed by atoms with van der Waals surface area (Å²) in [6.45, 7) is 0. The molecule has 19 heavy (non-hydrogen) atoms. The Hall–Kier alpha value is -2.58. The smallest absolute Gasteiger partial charge is 0.152 e. The molecule has 0 bridgehead atoms. The van der Waals surface area contributed by atoms with Crippen molar-refractivity contribution in [2.24, 2.45) is 0 Å². The maximum atomic E-state index is 8.91. The molecule has 0 radical (unpaired) electrons. The third-order valence-corrected chi connectivity index (χ3v) is 2.93. The maximum Gasteiger partial charge on any atom is 0.152 e. The van der Waals surface area contributed by atoms with Gasteiger partial charge < -0.3 is 5.73 Å². The number of hydrogen-bond acceptors (Lipinski definition) is 4. The van der Waals surface area contributed by atoms with Gasteiger partial charge in [-0.3, -0.25) is 0 Å². The number of nitrogens with two attached hydrogens (primary N) is 1. The first kappa shape index (κ1) is 11.5. The van der Waals surface area contributed by atoms with E-state index >= 15 is 0 Å². The minimum Gasteiger partial charge on any atom is -0.382 e. The first-order chi connectivity index (χ1) is 9.17. The van der Waals surface area contributed by atoms with E-state index in [1.807, 2.05) is 6.07 Å². The van der Waals surface area contributed by atoms with Gasteiger partial charge in [-0.1, -0.05) is 23.7 Å². The molecule has 0 atom stereocenters. The van der Waals surface area contributed by atoms with Gasteiger partial charge in [0.2, 0.25) is 0 Å². The van der Waals surface area contributed by atoms with Crippen LogP contribution in [-0.4, -0.2) is 14.6 Å². The molecule has 6 heteroatoms. The van der Waals surface area contributed by atoms with Crippen molar-refractivity contribution in [1.29, 1.82) is 5.26 Å². The van der Waals surface area contributed by atoms with Gasteiger partial charge in [0, 0.05) is 11.6 Å². The molecule has 92 valence electrons. The Morgan fingerprint density at radius 2 is 2.16 bits per heavy atom. The number of nitrogen functional groups attached to an aromatic ring is 1. The molecule has 2 aromatic heterocycles. The summed E-state index contributed by atoms with van der Waals surface area (Å²) in [5.74, 6) is 0.347. The Kier molecular flexibility index (Phi) is 2.58. The van der Waals surface area contributed by atoms with Crippen LogP contribution in [-0.2, 0) is 0 Å². The van der Waals surface area contributed by atoms with Crippen LogP contribution in [0.1, 0.15) is 5.56 Å². The second-order valence-electron chi connectivity index (χ2n) is 4.00. The highest BCUT2D eigenvalue weighted by Gasteiger charge is 2.08. The van der Waals surface area contributed by atoms with Crippen LogP contribution < -0.4 is 5.73 Å². The Bertz CT molecular complexity index is 816. The summed E-state index contributed by atoms with van der Waals surface area (Å²) in [6.07, 6.45) is 1.73. The van der Waals surface area contributed by atoms with Crippen molar-refractivity contribution in [1.82, 2.24) is 14.6 Å². The van der Waals surface area contributed by atoms with Crippen LogP contribution in [0.3, 0.4) is 0 Å². The van der Waals surface area contributed by atoms with E-state index in [0.29, 0.717) is 27.7 Å². The Balaban J connectivity index is 2.22. The molecule has 3 aromatic rings.